The molecule has 0 spiro atoms. The second-order valence-electron chi connectivity index (χ2n) is 5.58. The van der Waals surface area contributed by atoms with Crippen LogP contribution in [0.1, 0.15) is 23.3 Å². The minimum Gasteiger partial charge on any atom is -0.508 e. The predicted molar refractivity (Wildman–Crippen MR) is 87.0 cm³/mol. The standard InChI is InChI=1S/C17H16BrNO3/c18-11-4-5-14-13(9-11)16-17(22-7-6-21-16)15(19-14)10-2-1-3-12(20)8-10/h1-5,8-9,15-17,19-20H,6-7H2. The Labute approximate surface area is 137 Å². The van der Waals surface area contributed by atoms with Crippen molar-refractivity contribution in [3.05, 3.63) is 58.1 Å². The number of halogens is 1. The molecule has 2 aromatic carbocycles. The Bertz CT molecular complexity index is 706. The van der Waals surface area contributed by atoms with Crippen LogP contribution < -0.4 is 5.32 Å². The van der Waals surface area contributed by atoms with Crippen LogP contribution in [0.25, 0.3) is 0 Å². The fourth-order valence-corrected chi connectivity index (χ4v) is 3.60. The van der Waals surface area contributed by atoms with E-state index in [1.807, 2.05) is 24.3 Å². The third-order valence-corrected chi connectivity index (χ3v) is 4.67. The molecule has 22 heavy (non-hydrogen) atoms. The van der Waals surface area contributed by atoms with Crippen LogP contribution in [0.3, 0.4) is 0 Å². The molecule has 1 saturated heterocycles. The van der Waals surface area contributed by atoms with E-state index in [0.717, 1.165) is 21.3 Å². The van der Waals surface area contributed by atoms with E-state index >= 15 is 0 Å². The summed E-state index contributed by atoms with van der Waals surface area (Å²) in [7, 11) is 0. The zero-order chi connectivity index (χ0) is 15.1. The zero-order valence-electron chi connectivity index (χ0n) is 11.8. The molecule has 2 N–H and O–H groups in total. The lowest BCUT2D eigenvalue weighted by Gasteiger charge is -2.43. The lowest BCUT2D eigenvalue weighted by atomic mass is 9.87. The van der Waals surface area contributed by atoms with E-state index in [2.05, 4.69) is 27.3 Å². The first-order valence-electron chi connectivity index (χ1n) is 7.30. The molecule has 114 valence electrons. The molecule has 2 aliphatic rings. The highest BCUT2D eigenvalue weighted by molar-refractivity contribution is 9.10. The lowest BCUT2D eigenvalue weighted by molar-refractivity contribution is -0.151. The van der Waals surface area contributed by atoms with Gasteiger partial charge in [-0.25, -0.2) is 0 Å². The van der Waals surface area contributed by atoms with Gasteiger partial charge in [-0.15, -0.1) is 0 Å². The highest BCUT2D eigenvalue weighted by Crippen LogP contribution is 2.45. The molecule has 0 aliphatic carbocycles. The van der Waals surface area contributed by atoms with Crippen molar-refractivity contribution in [1.82, 2.24) is 0 Å². The highest BCUT2D eigenvalue weighted by Gasteiger charge is 2.41. The van der Waals surface area contributed by atoms with Crippen LogP contribution in [0.5, 0.6) is 5.75 Å². The van der Waals surface area contributed by atoms with Crippen molar-refractivity contribution in [3.8, 4) is 5.75 Å². The van der Waals surface area contributed by atoms with E-state index in [0.29, 0.717) is 13.2 Å². The molecular formula is C17H16BrNO3. The molecule has 0 aromatic heterocycles. The van der Waals surface area contributed by atoms with E-state index < -0.39 is 0 Å². The Kier molecular flexibility index (Phi) is 3.56. The first-order chi connectivity index (χ1) is 10.7. The number of fused-ring (bicyclic) bond motifs is 3. The van der Waals surface area contributed by atoms with E-state index in [1.165, 1.54) is 0 Å². The Morgan fingerprint density at radius 1 is 1.09 bits per heavy atom. The molecule has 1 fully saturated rings. The number of aromatic hydroxyl groups is 1. The van der Waals surface area contributed by atoms with Crippen LogP contribution in [0.4, 0.5) is 5.69 Å². The van der Waals surface area contributed by atoms with Gasteiger partial charge >= 0.3 is 0 Å². The molecular weight excluding hydrogens is 346 g/mol. The molecule has 0 saturated carbocycles. The maximum atomic E-state index is 9.77. The first kappa shape index (κ1) is 14.1. The summed E-state index contributed by atoms with van der Waals surface area (Å²) in [5.74, 6) is 0.259. The Balaban J connectivity index is 1.79. The Morgan fingerprint density at radius 3 is 2.82 bits per heavy atom. The number of nitrogens with one attached hydrogen (secondary N) is 1. The van der Waals surface area contributed by atoms with Crippen LogP contribution in [0.2, 0.25) is 0 Å². The van der Waals surface area contributed by atoms with Gasteiger partial charge in [-0.2, -0.15) is 0 Å². The molecule has 0 radical (unpaired) electrons. The van der Waals surface area contributed by atoms with Gasteiger partial charge in [-0.1, -0.05) is 28.1 Å². The number of rotatable bonds is 1. The van der Waals surface area contributed by atoms with E-state index in [4.69, 9.17) is 9.47 Å². The van der Waals surface area contributed by atoms with Gasteiger partial charge in [0.2, 0.25) is 0 Å². The van der Waals surface area contributed by atoms with Gasteiger partial charge in [-0.05, 0) is 35.9 Å². The van der Waals surface area contributed by atoms with Crippen LogP contribution in [-0.2, 0) is 9.47 Å². The zero-order valence-corrected chi connectivity index (χ0v) is 13.4. The van der Waals surface area contributed by atoms with Crippen molar-refractivity contribution in [3.63, 3.8) is 0 Å². The summed E-state index contributed by atoms with van der Waals surface area (Å²) in [4.78, 5) is 0. The van der Waals surface area contributed by atoms with Crippen LogP contribution in [0.15, 0.2) is 46.9 Å². The van der Waals surface area contributed by atoms with E-state index in [9.17, 15) is 5.11 Å². The van der Waals surface area contributed by atoms with Gasteiger partial charge in [0.25, 0.3) is 0 Å². The second kappa shape index (κ2) is 5.57. The Hall–Kier alpha value is -1.56. The number of phenols is 1. The third-order valence-electron chi connectivity index (χ3n) is 4.18. The maximum absolute atomic E-state index is 9.77. The minimum atomic E-state index is -0.114. The second-order valence-corrected chi connectivity index (χ2v) is 6.49. The van der Waals surface area contributed by atoms with Crippen molar-refractivity contribution in [2.75, 3.05) is 18.5 Å². The minimum absolute atomic E-state index is 0.0499. The monoisotopic (exact) mass is 361 g/mol. The quantitative estimate of drug-likeness (QED) is 0.811. The fourth-order valence-electron chi connectivity index (χ4n) is 3.22. The summed E-state index contributed by atoms with van der Waals surface area (Å²) >= 11 is 3.52. The summed E-state index contributed by atoms with van der Waals surface area (Å²) < 4.78 is 13.0. The van der Waals surface area contributed by atoms with Crippen molar-refractivity contribution >= 4 is 21.6 Å². The largest absolute Gasteiger partial charge is 0.508 e. The highest BCUT2D eigenvalue weighted by atomic mass is 79.9. The average molecular weight is 362 g/mol. The molecule has 3 atom stereocenters. The van der Waals surface area contributed by atoms with Crippen molar-refractivity contribution in [2.45, 2.75) is 18.2 Å². The predicted octanol–water partition coefficient (Wildman–Crippen LogP) is 3.78. The first-order valence-corrected chi connectivity index (χ1v) is 8.10. The SMILES string of the molecule is Oc1cccc(C2Nc3ccc(Br)cc3C3OCCOC23)c1. The number of hydrogen-bond donors (Lipinski definition) is 2. The van der Waals surface area contributed by atoms with Crippen molar-refractivity contribution in [1.29, 1.82) is 0 Å². The maximum Gasteiger partial charge on any atom is 0.115 e. The number of hydrogen-bond acceptors (Lipinski definition) is 4. The molecule has 4 rings (SSSR count). The summed E-state index contributed by atoms with van der Waals surface area (Å²) in [6.45, 7) is 1.18. The molecule has 5 heteroatoms. The van der Waals surface area contributed by atoms with Gasteiger partial charge in [0.05, 0.1) is 19.3 Å². The fraction of sp³-hybridized carbons (Fsp3) is 0.294. The number of phenolic OH excluding ortho intramolecular Hbond substituents is 1. The number of benzene rings is 2. The summed E-state index contributed by atoms with van der Waals surface area (Å²) in [5.41, 5.74) is 3.15. The lowest BCUT2D eigenvalue weighted by Crippen LogP contribution is -2.43. The van der Waals surface area contributed by atoms with Gasteiger partial charge < -0.3 is 19.9 Å². The molecule has 4 nitrogen and oxygen atoms in total. The Morgan fingerprint density at radius 2 is 1.95 bits per heavy atom. The van der Waals surface area contributed by atoms with Crippen LogP contribution in [-0.4, -0.2) is 24.4 Å². The number of ether oxygens (including phenoxy) is 2. The average Bonchev–Trinajstić information content (AvgIpc) is 2.54. The van der Waals surface area contributed by atoms with Gasteiger partial charge in [-0.3, -0.25) is 0 Å². The van der Waals surface area contributed by atoms with E-state index in [1.54, 1.807) is 12.1 Å². The molecule has 2 heterocycles. The van der Waals surface area contributed by atoms with Crippen molar-refractivity contribution < 1.29 is 14.6 Å². The van der Waals surface area contributed by atoms with Gasteiger partial charge in [0.15, 0.2) is 0 Å². The summed E-state index contributed by atoms with van der Waals surface area (Å²) in [6.07, 6.45) is -0.216. The van der Waals surface area contributed by atoms with Crippen LogP contribution in [0, 0.1) is 0 Å². The van der Waals surface area contributed by atoms with Crippen molar-refractivity contribution in [2.24, 2.45) is 0 Å². The normalized spacial score (nSPS) is 26.7. The van der Waals surface area contributed by atoms with Crippen LogP contribution >= 0.6 is 15.9 Å². The summed E-state index contributed by atoms with van der Waals surface area (Å²) in [5, 5.41) is 13.3. The van der Waals surface area contributed by atoms with E-state index in [-0.39, 0.29) is 24.0 Å². The molecule has 3 unspecified atom stereocenters. The third kappa shape index (κ3) is 2.39. The smallest absolute Gasteiger partial charge is 0.115 e. The molecule has 2 aromatic rings. The summed E-state index contributed by atoms with van der Waals surface area (Å²) in [6, 6.07) is 13.4. The van der Waals surface area contributed by atoms with Gasteiger partial charge in [0.1, 0.15) is 18.0 Å². The number of anilines is 1. The topological polar surface area (TPSA) is 50.7 Å². The molecule has 0 amide bonds. The van der Waals surface area contributed by atoms with Gasteiger partial charge in [0, 0.05) is 15.7 Å². The molecule has 2 aliphatic heterocycles. The molecule has 0 bridgehead atoms.